The summed E-state index contributed by atoms with van der Waals surface area (Å²) in [4.78, 5) is 11.0. The van der Waals surface area contributed by atoms with E-state index in [1.165, 1.54) is 0 Å². The van der Waals surface area contributed by atoms with Gasteiger partial charge in [-0.25, -0.2) is 0 Å². The molecule has 1 saturated heterocycles. The van der Waals surface area contributed by atoms with Gasteiger partial charge in [-0.15, -0.1) is 0 Å². The maximum absolute atomic E-state index is 5.96. The summed E-state index contributed by atoms with van der Waals surface area (Å²) in [6.07, 6.45) is 3.93. The number of ether oxygens (including phenoxy) is 1. The van der Waals surface area contributed by atoms with Crippen molar-refractivity contribution in [1.29, 1.82) is 0 Å². The first-order valence-corrected chi connectivity index (χ1v) is 7.41. The largest absolute Gasteiger partial charge is 0.460 e. The number of likely N-dealkylation sites (tertiary alicyclic amines) is 1. The zero-order valence-electron chi connectivity index (χ0n) is 12.8. The third-order valence-corrected chi connectivity index (χ3v) is 3.96. The molecule has 1 fully saturated rings. The summed E-state index contributed by atoms with van der Waals surface area (Å²) in [5.41, 5.74) is 7.75. The van der Waals surface area contributed by atoms with Crippen LogP contribution >= 0.6 is 0 Å². The summed E-state index contributed by atoms with van der Waals surface area (Å²) in [5, 5.41) is 4.24. The normalized spacial score (nSPS) is 17.7. The topological polar surface area (TPSA) is 81.6 Å². The Kier molecular flexibility index (Phi) is 3.67. The van der Waals surface area contributed by atoms with Gasteiger partial charge in [-0.05, 0) is 25.8 Å². The molecule has 0 aromatic carbocycles. The van der Waals surface area contributed by atoms with Crippen molar-refractivity contribution in [1.82, 2.24) is 24.5 Å². The molecule has 0 unspecified atom stereocenters. The van der Waals surface area contributed by atoms with Crippen molar-refractivity contribution in [3.8, 4) is 6.01 Å². The minimum atomic E-state index is 0.161. The summed E-state index contributed by atoms with van der Waals surface area (Å²) in [6.45, 7) is 6.28. The SMILES string of the molecule is CC(C)c1cnn2c(N)nc(OC3CCN(C)CC3)nc12. The van der Waals surface area contributed by atoms with E-state index in [4.69, 9.17) is 10.5 Å². The van der Waals surface area contributed by atoms with Gasteiger partial charge in [0.15, 0.2) is 5.65 Å². The van der Waals surface area contributed by atoms with Crippen molar-refractivity contribution in [3.05, 3.63) is 11.8 Å². The van der Waals surface area contributed by atoms with Crippen LogP contribution < -0.4 is 10.5 Å². The molecular formula is C14H22N6O. The first kappa shape index (κ1) is 14.1. The number of nitrogen functional groups attached to an aromatic ring is 1. The highest BCUT2D eigenvalue weighted by atomic mass is 16.5. The van der Waals surface area contributed by atoms with Crippen LogP contribution in [0.25, 0.3) is 5.65 Å². The molecule has 1 aliphatic heterocycles. The van der Waals surface area contributed by atoms with Crippen LogP contribution in [0, 0.1) is 0 Å². The summed E-state index contributed by atoms with van der Waals surface area (Å²) < 4.78 is 7.49. The summed E-state index contributed by atoms with van der Waals surface area (Å²) in [5.74, 6) is 0.641. The lowest BCUT2D eigenvalue weighted by Crippen LogP contribution is -2.36. The van der Waals surface area contributed by atoms with Gasteiger partial charge >= 0.3 is 6.01 Å². The minimum absolute atomic E-state index is 0.161. The molecule has 2 aromatic rings. The van der Waals surface area contributed by atoms with E-state index in [0.717, 1.165) is 37.1 Å². The molecule has 0 bridgehead atoms. The molecular weight excluding hydrogens is 268 g/mol. The third-order valence-electron chi connectivity index (χ3n) is 3.96. The maximum Gasteiger partial charge on any atom is 0.322 e. The quantitative estimate of drug-likeness (QED) is 0.917. The molecule has 3 heterocycles. The Labute approximate surface area is 124 Å². The molecule has 1 aliphatic rings. The molecule has 0 saturated carbocycles. The number of hydrogen-bond donors (Lipinski definition) is 1. The maximum atomic E-state index is 5.96. The van der Waals surface area contributed by atoms with Gasteiger partial charge in [-0.1, -0.05) is 13.8 Å². The number of nitrogens with zero attached hydrogens (tertiary/aromatic N) is 5. The molecule has 2 aromatic heterocycles. The van der Waals surface area contributed by atoms with Gasteiger partial charge in [0.1, 0.15) is 6.10 Å². The Balaban J connectivity index is 1.87. The predicted molar refractivity (Wildman–Crippen MR) is 80.4 cm³/mol. The van der Waals surface area contributed by atoms with Crippen LogP contribution in [0.3, 0.4) is 0 Å². The lowest BCUT2D eigenvalue weighted by molar-refractivity contribution is 0.105. The molecule has 3 rings (SSSR count). The Morgan fingerprint density at radius 1 is 1.29 bits per heavy atom. The van der Waals surface area contributed by atoms with E-state index in [9.17, 15) is 0 Å². The van der Waals surface area contributed by atoms with E-state index in [-0.39, 0.29) is 6.10 Å². The van der Waals surface area contributed by atoms with E-state index in [0.29, 0.717) is 17.9 Å². The standard InChI is InChI=1S/C14H22N6O/c1-9(2)11-8-16-20-12(11)17-14(18-13(20)15)21-10-4-6-19(3)7-5-10/h8-10H,4-7H2,1-3H3,(H2,15,17,18). The van der Waals surface area contributed by atoms with Crippen LogP contribution in [-0.2, 0) is 0 Å². The Morgan fingerprint density at radius 2 is 2.00 bits per heavy atom. The van der Waals surface area contributed by atoms with Gasteiger partial charge in [0, 0.05) is 18.7 Å². The van der Waals surface area contributed by atoms with Crippen LogP contribution in [0.4, 0.5) is 5.95 Å². The van der Waals surface area contributed by atoms with Crippen molar-refractivity contribution >= 4 is 11.6 Å². The number of nitrogens with two attached hydrogens (primary N) is 1. The van der Waals surface area contributed by atoms with Gasteiger partial charge in [0.05, 0.1) is 6.20 Å². The van der Waals surface area contributed by atoms with Gasteiger partial charge < -0.3 is 15.4 Å². The molecule has 2 N–H and O–H groups in total. The molecule has 0 aliphatic carbocycles. The summed E-state index contributed by atoms with van der Waals surface area (Å²) in [7, 11) is 2.12. The van der Waals surface area contributed by atoms with Gasteiger partial charge in [-0.3, -0.25) is 0 Å². The van der Waals surface area contributed by atoms with Crippen LogP contribution in [-0.4, -0.2) is 50.7 Å². The third kappa shape index (κ3) is 2.78. The van der Waals surface area contributed by atoms with E-state index >= 15 is 0 Å². The van der Waals surface area contributed by atoms with Crippen molar-refractivity contribution in [3.63, 3.8) is 0 Å². The minimum Gasteiger partial charge on any atom is -0.460 e. The second-order valence-corrected chi connectivity index (χ2v) is 5.97. The molecule has 114 valence electrons. The van der Waals surface area contributed by atoms with E-state index in [2.05, 4.69) is 40.9 Å². The van der Waals surface area contributed by atoms with Crippen molar-refractivity contribution in [2.75, 3.05) is 25.9 Å². The molecule has 0 radical (unpaired) electrons. The number of hydrogen-bond acceptors (Lipinski definition) is 6. The molecule has 0 atom stereocenters. The number of aromatic nitrogens is 4. The monoisotopic (exact) mass is 290 g/mol. The van der Waals surface area contributed by atoms with Crippen molar-refractivity contribution < 1.29 is 4.74 Å². The van der Waals surface area contributed by atoms with Crippen molar-refractivity contribution in [2.45, 2.75) is 38.7 Å². The van der Waals surface area contributed by atoms with Crippen LogP contribution in [0.1, 0.15) is 38.2 Å². The fourth-order valence-corrected chi connectivity index (χ4v) is 2.61. The molecule has 7 nitrogen and oxygen atoms in total. The summed E-state index contributed by atoms with van der Waals surface area (Å²) >= 11 is 0. The zero-order valence-corrected chi connectivity index (χ0v) is 12.8. The highest BCUT2D eigenvalue weighted by Gasteiger charge is 2.20. The Morgan fingerprint density at radius 3 is 2.67 bits per heavy atom. The van der Waals surface area contributed by atoms with Gasteiger partial charge in [-0.2, -0.15) is 19.6 Å². The second kappa shape index (κ2) is 5.48. The average molecular weight is 290 g/mol. The Bertz CT molecular complexity index is 630. The number of rotatable bonds is 3. The molecule has 0 spiro atoms. The smallest absolute Gasteiger partial charge is 0.322 e. The lowest BCUT2D eigenvalue weighted by Gasteiger charge is -2.28. The Hall–Kier alpha value is -1.89. The second-order valence-electron chi connectivity index (χ2n) is 5.97. The highest BCUT2D eigenvalue weighted by Crippen LogP contribution is 2.23. The number of fused-ring (bicyclic) bond motifs is 1. The fraction of sp³-hybridized carbons (Fsp3) is 0.643. The zero-order chi connectivity index (χ0) is 15.0. The van der Waals surface area contributed by atoms with Crippen molar-refractivity contribution in [2.24, 2.45) is 0 Å². The van der Waals surface area contributed by atoms with Gasteiger partial charge in [0.2, 0.25) is 5.95 Å². The molecule has 0 amide bonds. The first-order valence-electron chi connectivity index (χ1n) is 7.41. The van der Waals surface area contributed by atoms with Crippen LogP contribution in [0.15, 0.2) is 6.20 Å². The highest BCUT2D eigenvalue weighted by molar-refractivity contribution is 5.51. The van der Waals surface area contributed by atoms with E-state index in [1.807, 2.05) is 0 Å². The van der Waals surface area contributed by atoms with Crippen LogP contribution in [0.2, 0.25) is 0 Å². The number of piperidine rings is 1. The predicted octanol–water partition coefficient (Wildman–Crippen LogP) is 1.30. The number of anilines is 1. The van der Waals surface area contributed by atoms with E-state index < -0.39 is 0 Å². The molecule has 7 heteroatoms. The van der Waals surface area contributed by atoms with Gasteiger partial charge in [0.25, 0.3) is 0 Å². The fourth-order valence-electron chi connectivity index (χ4n) is 2.61. The summed E-state index contributed by atoms with van der Waals surface area (Å²) in [6, 6.07) is 0.358. The lowest BCUT2D eigenvalue weighted by atomic mass is 10.1. The average Bonchev–Trinajstić information content (AvgIpc) is 2.86. The molecule has 21 heavy (non-hydrogen) atoms. The van der Waals surface area contributed by atoms with E-state index in [1.54, 1.807) is 10.7 Å². The van der Waals surface area contributed by atoms with Crippen LogP contribution in [0.5, 0.6) is 6.01 Å². The first-order chi connectivity index (χ1) is 10.0.